The molecule has 0 heterocycles. The number of rotatable bonds is 23. The van der Waals surface area contributed by atoms with E-state index >= 15 is 0 Å². The van der Waals surface area contributed by atoms with Crippen LogP contribution in [-0.2, 0) is 43.2 Å². The molecule has 0 unspecified atom stereocenters. The normalized spacial score (nSPS) is 12.3. The summed E-state index contributed by atoms with van der Waals surface area (Å²) < 4.78 is 0. The number of nitrogens with one attached hydrogen (secondary N) is 8. The zero-order chi connectivity index (χ0) is 35.1. The molecule has 0 bridgehead atoms. The van der Waals surface area contributed by atoms with Gasteiger partial charge < -0.3 is 69.3 Å². The van der Waals surface area contributed by atoms with E-state index in [1.807, 2.05) is 0 Å². The number of carbonyl (C=O) groups is 9. The molecule has 0 radical (unpaired) electrons. The zero-order valence-corrected chi connectivity index (χ0v) is 24.9. The third kappa shape index (κ3) is 18.7. The Morgan fingerprint density at radius 1 is 0.500 bits per heavy atom. The number of carboxylic acids is 1. The van der Waals surface area contributed by atoms with Crippen LogP contribution in [-0.4, -0.2) is 146 Å². The molecule has 0 aromatic heterocycles. The second-order valence-corrected chi connectivity index (χ2v) is 9.32. The van der Waals surface area contributed by atoms with Crippen LogP contribution in [0.2, 0.25) is 0 Å². The number of aliphatic hydroxyl groups excluding tert-OH is 2. The molecule has 0 aromatic rings. The highest BCUT2D eigenvalue weighted by Gasteiger charge is 2.23. The largest absolute Gasteiger partial charge is 0.480 e. The summed E-state index contributed by atoms with van der Waals surface area (Å²) in [5, 5.41) is 45.1. The molecule has 0 rings (SSSR count). The van der Waals surface area contributed by atoms with Gasteiger partial charge in [0.05, 0.1) is 52.5 Å². The highest BCUT2D eigenvalue weighted by Crippen LogP contribution is 2.00. The fourth-order valence-corrected chi connectivity index (χ4v) is 3.19. The van der Waals surface area contributed by atoms with Gasteiger partial charge in [0, 0.05) is 0 Å². The van der Waals surface area contributed by atoms with Crippen LogP contribution in [0.25, 0.3) is 0 Å². The molecule has 46 heavy (non-hydrogen) atoms. The Labute approximate surface area is 262 Å². The van der Waals surface area contributed by atoms with Crippen molar-refractivity contribution >= 4 is 53.2 Å². The maximum atomic E-state index is 12.2. The van der Waals surface area contributed by atoms with E-state index in [4.69, 9.17) is 11.5 Å². The highest BCUT2D eigenvalue weighted by molar-refractivity contribution is 5.94. The van der Waals surface area contributed by atoms with Gasteiger partial charge in [-0.1, -0.05) is 0 Å². The molecule has 0 saturated carbocycles. The van der Waals surface area contributed by atoms with Crippen LogP contribution in [0, 0.1) is 0 Å². The molecule has 15 N–H and O–H groups in total. The van der Waals surface area contributed by atoms with Crippen molar-refractivity contribution < 1.29 is 58.5 Å². The molecule has 0 aliphatic rings. The first-order chi connectivity index (χ1) is 21.8. The van der Waals surface area contributed by atoms with Crippen LogP contribution in [0.15, 0.2) is 0 Å². The number of aliphatic carboxylic acids is 1. The minimum atomic E-state index is -1.53. The first-order valence-electron chi connectivity index (χ1n) is 13.9. The second kappa shape index (κ2) is 23.5. The van der Waals surface area contributed by atoms with Gasteiger partial charge in [-0.3, -0.25) is 38.4 Å². The lowest BCUT2D eigenvalue weighted by atomic mass is 10.1. The number of nitrogens with two attached hydrogens (primary N) is 2. The number of carboxylic acid groups (broad SMARTS) is 1. The minimum absolute atomic E-state index is 0.142. The fraction of sp³-hybridized carbons (Fsp3) is 0.625. The summed E-state index contributed by atoms with van der Waals surface area (Å²) >= 11 is 0. The summed E-state index contributed by atoms with van der Waals surface area (Å²) in [6.45, 7) is -4.86. The predicted octanol–water partition coefficient (Wildman–Crippen LogP) is -8.82. The van der Waals surface area contributed by atoms with Crippen molar-refractivity contribution in [2.45, 2.75) is 37.4 Å². The van der Waals surface area contributed by atoms with E-state index in [0.717, 1.165) is 0 Å². The molecule has 22 heteroatoms. The number of hydrogen-bond acceptors (Lipinski definition) is 13. The summed E-state index contributed by atoms with van der Waals surface area (Å²) in [4.78, 5) is 106. The Hall–Kier alpha value is -4.93. The zero-order valence-electron chi connectivity index (χ0n) is 24.9. The van der Waals surface area contributed by atoms with Crippen molar-refractivity contribution in [2.24, 2.45) is 11.5 Å². The molecule has 0 aliphatic carbocycles. The van der Waals surface area contributed by atoms with E-state index in [1.165, 1.54) is 0 Å². The van der Waals surface area contributed by atoms with Crippen molar-refractivity contribution in [1.29, 1.82) is 0 Å². The van der Waals surface area contributed by atoms with Crippen molar-refractivity contribution in [2.75, 3.05) is 59.0 Å². The molecule has 0 spiro atoms. The first kappa shape index (κ1) is 41.1. The summed E-state index contributed by atoms with van der Waals surface area (Å²) in [7, 11) is 0. The standard InChI is InChI=1S/C24H42N10O12/c25-4-2-1-3-13(24(45)46)32-19(40)9-28-17(38)6-30-23(44)15(12-36)34-21(42)10-29-18(39)7-31-22(43)14(11-35)33-20(41)8-27-16(37)5-26/h13-15,35-36H,1-12,25-26H2,(H,27,37)(H,28,38)(H,29,39)(H,30,44)(H,31,43)(H,32,40)(H,33,41)(H,34,42)(H,45,46)/t13-,14-,15-/m0/s1. The van der Waals surface area contributed by atoms with E-state index < -0.39 is 117 Å². The third-order valence-electron chi connectivity index (χ3n) is 5.62. The maximum absolute atomic E-state index is 12.2. The molecule has 0 saturated heterocycles. The van der Waals surface area contributed by atoms with Gasteiger partial charge in [0.25, 0.3) is 0 Å². The van der Waals surface area contributed by atoms with Crippen molar-refractivity contribution in [3.05, 3.63) is 0 Å². The molecule has 0 aromatic carbocycles. The van der Waals surface area contributed by atoms with Crippen LogP contribution in [0.1, 0.15) is 19.3 Å². The van der Waals surface area contributed by atoms with Crippen LogP contribution >= 0.6 is 0 Å². The average molecular weight is 663 g/mol. The molecular weight excluding hydrogens is 620 g/mol. The van der Waals surface area contributed by atoms with Gasteiger partial charge in [-0.25, -0.2) is 4.79 Å². The minimum Gasteiger partial charge on any atom is -0.480 e. The Kier molecular flexibility index (Phi) is 20.9. The van der Waals surface area contributed by atoms with E-state index in [1.54, 1.807) is 0 Å². The lowest BCUT2D eigenvalue weighted by molar-refractivity contribution is -0.142. The highest BCUT2D eigenvalue weighted by atomic mass is 16.4. The average Bonchev–Trinajstić information content (AvgIpc) is 3.03. The maximum Gasteiger partial charge on any atom is 0.326 e. The third-order valence-corrected chi connectivity index (χ3v) is 5.62. The molecule has 22 nitrogen and oxygen atoms in total. The number of hydrogen-bond donors (Lipinski definition) is 13. The van der Waals surface area contributed by atoms with Crippen molar-refractivity contribution in [3.8, 4) is 0 Å². The van der Waals surface area contributed by atoms with E-state index in [-0.39, 0.29) is 13.0 Å². The van der Waals surface area contributed by atoms with E-state index in [9.17, 15) is 58.5 Å². The molecular formula is C24H42N10O12. The summed E-state index contributed by atoms with van der Waals surface area (Å²) in [6, 6.07) is -4.16. The molecule has 0 aliphatic heterocycles. The van der Waals surface area contributed by atoms with Crippen LogP contribution in [0.5, 0.6) is 0 Å². The molecule has 260 valence electrons. The first-order valence-corrected chi connectivity index (χ1v) is 13.9. The van der Waals surface area contributed by atoms with Gasteiger partial charge in [-0.05, 0) is 25.8 Å². The Morgan fingerprint density at radius 2 is 0.870 bits per heavy atom. The topological polar surface area (TPSA) is 363 Å². The predicted molar refractivity (Wildman–Crippen MR) is 155 cm³/mol. The van der Waals surface area contributed by atoms with Crippen molar-refractivity contribution in [1.82, 2.24) is 42.5 Å². The Bertz CT molecular complexity index is 1090. The molecule has 3 atom stereocenters. The van der Waals surface area contributed by atoms with E-state index in [0.29, 0.717) is 19.4 Å². The lowest BCUT2D eigenvalue weighted by Crippen LogP contribution is -2.54. The van der Waals surface area contributed by atoms with Gasteiger partial charge in [0.2, 0.25) is 47.3 Å². The quantitative estimate of drug-likeness (QED) is 0.0452. The Balaban J connectivity index is 4.49. The smallest absolute Gasteiger partial charge is 0.326 e. The van der Waals surface area contributed by atoms with Crippen LogP contribution in [0.4, 0.5) is 0 Å². The van der Waals surface area contributed by atoms with E-state index in [2.05, 4.69) is 42.5 Å². The van der Waals surface area contributed by atoms with Gasteiger partial charge in [-0.2, -0.15) is 0 Å². The van der Waals surface area contributed by atoms with Crippen LogP contribution < -0.4 is 54.0 Å². The summed E-state index contributed by atoms with van der Waals surface area (Å²) in [5.41, 5.74) is 10.4. The van der Waals surface area contributed by atoms with Crippen LogP contribution in [0.3, 0.4) is 0 Å². The van der Waals surface area contributed by atoms with Gasteiger partial charge in [0.15, 0.2) is 0 Å². The number of aliphatic hydroxyl groups is 2. The van der Waals surface area contributed by atoms with Gasteiger partial charge in [0.1, 0.15) is 18.1 Å². The lowest BCUT2D eigenvalue weighted by Gasteiger charge is -2.17. The fourth-order valence-electron chi connectivity index (χ4n) is 3.19. The Morgan fingerprint density at radius 3 is 1.22 bits per heavy atom. The van der Waals surface area contributed by atoms with Gasteiger partial charge >= 0.3 is 5.97 Å². The monoisotopic (exact) mass is 662 g/mol. The molecule has 8 amide bonds. The summed E-state index contributed by atoms with van der Waals surface area (Å²) in [6.07, 6.45) is 1.18. The second-order valence-electron chi connectivity index (χ2n) is 9.32. The SMILES string of the molecule is NCCCC[C@H](NC(=O)CNC(=O)CNC(=O)[C@H](CO)NC(=O)CNC(=O)CNC(=O)[C@H](CO)NC(=O)CNC(=O)CN)C(=O)O. The molecule has 0 fully saturated rings. The number of unbranched alkanes of at least 4 members (excludes halogenated alkanes) is 1. The number of carbonyl (C=O) groups excluding carboxylic acids is 8. The van der Waals surface area contributed by atoms with Gasteiger partial charge in [-0.15, -0.1) is 0 Å². The number of amides is 8. The summed E-state index contributed by atoms with van der Waals surface area (Å²) in [5.74, 6) is -8.07. The van der Waals surface area contributed by atoms with Crippen molar-refractivity contribution in [3.63, 3.8) is 0 Å².